The molecule has 3 rings (SSSR count). The zero-order valence-corrected chi connectivity index (χ0v) is 14.4. The lowest BCUT2D eigenvalue weighted by atomic mass is 9.98. The summed E-state index contributed by atoms with van der Waals surface area (Å²) in [7, 11) is 0. The molecule has 1 aliphatic carbocycles. The van der Waals surface area contributed by atoms with E-state index in [4.69, 9.17) is 5.73 Å². The van der Waals surface area contributed by atoms with Gasteiger partial charge in [0.15, 0.2) is 0 Å². The first-order valence-electron chi connectivity index (χ1n) is 9.13. The second-order valence-corrected chi connectivity index (χ2v) is 7.17. The molecule has 0 radical (unpaired) electrons. The van der Waals surface area contributed by atoms with Crippen LogP contribution < -0.4 is 11.1 Å². The molecule has 1 heterocycles. The Morgan fingerprint density at radius 3 is 2.52 bits per heavy atom. The highest BCUT2D eigenvalue weighted by Crippen LogP contribution is 2.27. The third-order valence-electron chi connectivity index (χ3n) is 5.42. The molecule has 0 spiro atoms. The molecule has 3 N–H and O–H groups in total. The van der Waals surface area contributed by atoms with Gasteiger partial charge in [0.25, 0.3) is 5.91 Å². The van der Waals surface area contributed by atoms with Crippen LogP contribution in [0.15, 0.2) is 24.3 Å². The van der Waals surface area contributed by atoms with Gasteiger partial charge in [-0.25, -0.2) is 4.39 Å². The second-order valence-electron chi connectivity index (χ2n) is 7.17. The lowest BCUT2D eigenvalue weighted by molar-refractivity contribution is -0.123. The molecule has 2 amide bonds. The summed E-state index contributed by atoms with van der Waals surface area (Å²) in [5.74, 6) is -0.417. The van der Waals surface area contributed by atoms with Crippen molar-refractivity contribution < 1.29 is 14.0 Å². The van der Waals surface area contributed by atoms with Crippen LogP contribution in [0.3, 0.4) is 0 Å². The molecule has 1 saturated heterocycles. The van der Waals surface area contributed by atoms with Gasteiger partial charge in [-0.3, -0.25) is 9.59 Å². The first-order valence-corrected chi connectivity index (χ1v) is 9.13. The van der Waals surface area contributed by atoms with E-state index in [2.05, 4.69) is 5.32 Å². The summed E-state index contributed by atoms with van der Waals surface area (Å²) in [5.41, 5.74) is 6.14. The van der Waals surface area contributed by atoms with E-state index in [-0.39, 0.29) is 29.5 Å². The number of rotatable bonds is 4. The number of hydrogen-bond donors (Lipinski definition) is 2. The van der Waals surface area contributed by atoms with E-state index < -0.39 is 5.82 Å². The number of likely N-dealkylation sites (tertiary alicyclic amines) is 1. The number of nitrogens with one attached hydrogen (secondary N) is 1. The van der Waals surface area contributed by atoms with Gasteiger partial charge in [0, 0.05) is 31.6 Å². The predicted molar refractivity (Wildman–Crippen MR) is 93.4 cm³/mol. The van der Waals surface area contributed by atoms with Gasteiger partial charge >= 0.3 is 0 Å². The van der Waals surface area contributed by atoms with E-state index in [0.717, 1.165) is 19.3 Å². The van der Waals surface area contributed by atoms with Crippen LogP contribution in [0.1, 0.15) is 48.9 Å². The van der Waals surface area contributed by atoms with E-state index >= 15 is 0 Å². The Morgan fingerprint density at radius 2 is 1.88 bits per heavy atom. The molecule has 5 nitrogen and oxygen atoms in total. The van der Waals surface area contributed by atoms with Crippen LogP contribution in [-0.4, -0.2) is 41.9 Å². The molecule has 2 aliphatic rings. The normalized spacial score (nSPS) is 24.3. The average Bonchev–Trinajstić information content (AvgIpc) is 3.00. The summed E-state index contributed by atoms with van der Waals surface area (Å²) in [5, 5.41) is 3.07. The van der Waals surface area contributed by atoms with Crippen molar-refractivity contribution in [3.8, 4) is 0 Å². The van der Waals surface area contributed by atoms with Crippen LogP contribution >= 0.6 is 0 Å². The van der Waals surface area contributed by atoms with Gasteiger partial charge in [0.1, 0.15) is 5.82 Å². The molecule has 1 aliphatic heterocycles. The van der Waals surface area contributed by atoms with Crippen molar-refractivity contribution in [2.45, 2.75) is 50.6 Å². The minimum atomic E-state index is -0.490. The third-order valence-corrected chi connectivity index (χ3v) is 5.42. The monoisotopic (exact) mass is 347 g/mol. The number of carbonyl (C=O) groups is 2. The van der Waals surface area contributed by atoms with Gasteiger partial charge in [-0.2, -0.15) is 0 Å². The Kier molecular flexibility index (Phi) is 5.68. The molecule has 1 aromatic carbocycles. The number of halogens is 1. The highest BCUT2D eigenvalue weighted by molar-refractivity contribution is 5.94. The lowest BCUT2D eigenvalue weighted by Crippen LogP contribution is -2.47. The van der Waals surface area contributed by atoms with Crippen molar-refractivity contribution in [1.29, 1.82) is 0 Å². The van der Waals surface area contributed by atoms with Gasteiger partial charge in [0.05, 0.1) is 5.56 Å². The summed E-state index contributed by atoms with van der Waals surface area (Å²) >= 11 is 0. The molecule has 2 atom stereocenters. The molecular weight excluding hydrogens is 321 g/mol. The molecule has 136 valence electrons. The van der Waals surface area contributed by atoms with Crippen LogP contribution in [0.5, 0.6) is 0 Å². The molecule has 0 unspecified atom stereocenters. The number of amides is 2. The largest absolute Gasteiger partial charge is 0.353 e. The summed E-state index contributed by atoms with van der Waals surface area (Å²) in [6.07, 6.45) is 5.04. The predicted octanol–water partition coefficient (Wildman–Crippen LogP) is 2.06. The fourth-order valence-corrected chi connectivity index (χ4v) is 3.88. The Morgan fingerprint density at radius 1 is 1.16 bits per heavy atom. The van der Waals surface area contributed by atoms with E-state index in [1.165, 1.54) is 12.1 Å². The molecule has 1 saturated carbocycles. The number of piperidine rings is 1. The average molecular weight is 347 g/mol. The van der Waals surface area contributed by atoms with E-state index in [1.807, 2.05) is 0 Å². The zero-order chi connectivity index (χ0) is 17.8. The van der Waals surface area contributed by atoms with Crippen molar-refractivity contribution >= 4 is 11.8 Å². The van der Waals surface area contributed by atoms with E-state index in [9.17, 15) is 14.0 Å². The van der Waals surface area contributed by atoms with Gasteiger partial charge in [-0.1, -0.05) is 18.6 Å². The maximum atomic E-state index is 13.8. The van der Waals surface area contributed by atoms with Crippen LogP contribution in [0.2, 0.25) is 0 Å². The quantitative estimate of drug-likeness (QED) is 0.875. The molecule has 6 heteroatoms. The number of hydrogen-bond acceptors (Lipinski definition) is 3. The Labute approximate surface area is 147 Å². The van der Waals surface area contributed by atoms with Crippen molar-refractivity contribution in [2.75, 3.05) is 13.1 Å². The second kappa shape index (κ2) is 7.95. The van der Waals surface area contributed by atoms with Gasteiger partial charge in [0.2, 0.25) is 5.91 Å². The standard InChI is InChI=1S/C19H26FN3O2/c20-16-6-2-1-5-15(16)19(25)23-10-8-14(9-11-23)22-18(24)12-13-4-3-7-17(13)21/h1-2,5-6,13-14,17H,3-4,7-12,21H2,(H,22,24)/t13-,17+/m0/s1. The van der Waals surface area contributed by atoms with Gasteiger partial charge in [-0.15, -0.1) is 0 Å². The number of benzene rings is 1. The Hall–Kier alpha value is -1.95. The molecule has 0 bridgehead atoms. The molecular formula is C19H26FN3O2. The SMILES string of the molecule is N[C@@H]1CCC[C@H]1CC(=O)NC1CCN(C(=O)c2ccccc2F)CC1. The topological polar surface area (TPSA) is 75.4 Å². The third kappa shape index (κ3) is 4.37. The van der Waals surface area contributed by atoms with Crippen molar-refractivity contribution in [1.82, 2.24) is 10.2 Å². The summed E-state index contributed by atoms with van der Waals surface area (Å²) in [4.78, 5) is 26.3. The summed E-state index contributed by atoms with van der Waals surface area (Å²) in [6.45, 7) is 1.06. The zero-order valence-electron chi connectivity index (χ0n) is 14.4. The van der Waals surface area contributed by atoms with Gasteiger partial charge < -0.3 is 16.0 Å². The first kappa shape index (κ1) is 17.9. The first-order chi connectivity index (χ1) is 12.0. The maximum Gasteiger partial charge on any atom is 0.256 e. The maximum absolute atomic E-state index is 13.8. The van der Waals surface area contributed by atoms with Gasteiger partial charge in [-0.05, 0) is 43.7 Å². The minimum Gasteiger partial charge on any atom is -0.353 e. The smallest absolute Gasteiger partial charge is 0.256 e. The summed E-state index contributed by atoms with van der Waals surface area (Å²) in [6, 6.07) is 6.27. The fourth-order valence-electron chi connectivity index (χ4n) is 3.88. The van der Waals surface area contributed by atoms with Crippen LogP contribution in [0, 0.1) is 11.7 Å². The molecule has 1 aromatic rings. The molecule has 25 heavy (non-hydrogen) atoms. The van der Waals surface area contributed by atoms with Crippen molar-refractivity contribution in [3.05, 3.63) is 35.6 Å². The number of nitrogens with zero attached hydrogens (tertiary/aromatic N) is 1. The molecule has 0 aromatic heterocycles. The lowest BCUT2D eigenvalue weighted by Gasteiger charge is -2.32. The van der Waals surface area contributed by atoms with Crippen LogP contribution in [0.25, 0.3) is 0 Å². The highest BCUT2D eigenvalue weighted by atomic mass is 19.1. The Bertz CT molecular complexity index is 629. The van der Waals surface area contributed by atoms with Crippen LogP contribution in [0.4, 0.5) is 4.39 Å². The number of carbonyl (C=O) groups excluding carboxylic acids is 2. The highest BCUT2D eigenvalue weighted by Gasteiger charge is 2.29. The Balaban J connectivity index is 1.46. The van der Waals surface area contributed by atoms with E-state index in [0.29, 0.717) is 38.3 Å². The van der Waals surface area contributed by atoms with Crippen LogP contribution in [-0.2, 0) is 4.79 Å². The molecule has 2 fully saturated rings. The summed E-state index contributed by atoms with van der Waals surface area (Å²) < 4.78 is 13.8. The minimum absolute atomic E-state index is 0.0567. The van der Waals surface area contributed by atoms with Crippen molar-refractivity contribution in [2.24, 2.45) is 11.7 Å². The fraction of sp³-hybridized carbons (Fsp3) is 0.579. The number of nitrogens with two attached hydrogens (primary N) is 1. The van der Waals surface area contributed by atoms with Crippen molar-refractivity contribution in [3.63, 3.8) is 0 Å². The van der Waals surface area contributed by atoms with E-state index in [1.54, 1.807) is 17.0 Å².